The largest absolute Gasteiger partial charge is 0.496 e. The highest BCUT2D eigenvalue weighted by molar-refractivity contribution is 9.11. The number of ketones is 1. The number of rotatable bonds is 5. The molecule has 0 aliphatic heterocycles. The summed E-state index contributed by atoms with van der Waals surface area (Å²) in [4.78, 5) is 12.1. The van der Waals surface area contributed by atoms with Gasteiger partial charge in [0.1, 0.15) is 11.5 Å². The van der Waals surface area contributed by atoms with Crippen LogP contribution < -0.4 is 9.47 Å². The van der Waals surface area contributed by atoms with Crippen LogP contribution in [0.3, 0.4) is 0 Å². The van der Waals surface area contributed by atoms with E-state index < -0.39 is 0 Å². The molecule has 2 aromatic carbocycles. The fourth-order valence-corrected chi connectivity index (χ4v) is 2.78. The molecule has 0 atom stereocenters. The quantitative estimate of drug-likeness (QED) is 0.612. The fourth-order valence-electron chi connectivity index (χ4n) is 1.67. The maximum atomic E-state index is 12.1. The molecule has 0 aliphatic rings. The number of ether oxygens (including phenoxy) is 2. The number of halogens is 3. The number of hydrogen-bond acceptors (Lipinski definition) is 3. The van der Waals surface area contributed by atoms with Gasteiger partial charge in [-0.3, -0.25) is 4.79 Å². The number of Topliss-reactive ketones (excluding diaryl/α,β-unsaturated/α-hetero) is 1. The summed E-state index contributed by atoms with van der Waals surface area (Å²) < 4.78 is 12.2. The van der Waals surface area contributed by atoms with Gasteiger partial charge in [0.05, 0.1) is 16.1 Å². The average molecular weight is 435 g/mol. The van der Waals surface area contributed by atoms with Crippen LogP contribution in [0.4, 0.5) is 0 Å². The van der Waals surface area contributed by atoms with E-state index >= 15 is 0 Å². The van der Waals surface area contributed by atoms with E-state index in [-0.39, 0.29) is 12.4 Å². The molecule has 2 rings (SSSR count). The normalized spacial score (nSPS) is 10.3. The van der Waals surface area contributed by atoms with Gasteiger partial charge in [0.2, 0.25) is 0 Å². The third-order valence-electron chi connectivity index (χ3n) is 2.71. The van der Waals surface area contributed by atoms with Crippen molar-refractivity contribution in [2.45, 2.75) is 0 Å². The molecule has 0 unspecified atom stereocenters. The summed E-state index contributed by atoms with van der Waals surface area (Å²) in [5, 5.41) is 0.522. The first-order valence-electron chi connectivity index (χ1n) is 5.96. The summed E-state index contributed by atoms with van der Waals surface area (Å²) in [5.41, 5.74) is 0.520. The molecule has 0 amide bonds. The molecule has 0 N–H and O–H groups in total. The van der Waals surface area contributed by atoms with Crippen molar-refractivity contribution in [1.82, 2.24) is 0 Å². The monoisotopic (exact) mass is 432 g/mol. The van der Waals surface area contributed by atoms with E-state index in [1.807, 2.05) is 0 Å². The number of benzene rings is 2. The Kier molecular flexibility index (Phi) is 5.67. The molecule has 0 fully saturated rings. The molecular formula is C15H11Br2ClO3. The predicted molar refractivity (Wildman–Crippen MR) is 89.7 cm³/mol. The lowest BCUT2D eigenvalue weighted by atomic mass is 10.1. The van der Waals surface area contributed by atoms with Crippen LogP contribution >= 0.6 is 43.5 Å². The number of hydrogen-bond donors (Lipinski definition) is 0. The molecule has 0 heterocycles. The van der Waals surface area contributed by atoms with Crippen molar-refractivity contribution in [2.75, 3.05) is 13.7 Å². The zero-order valence-electron chi connectivity index (χ0n) is 11.0. The Morgan fingerprint density at radius 3 is 2.48 bits per heavy atom. The van der Waals surface area contributed by atoms with Crippen LogP contribution in [-0.4, -0.2) is 19.5 Å². The van der Waals surface area contributed by atoms with E-state index in [4.69, 9.17) is 21.1 Å². The number of methoxy groups -OCH3 is 1. The molecular weight excluding hydrogens is 423 g/mol. The first-order chi connectivity index (χ1) is 10.0. The van der Waals surface area contributed by atoms with Crippen LogP contribution in [0.25, 0.3) is 0 Å². The van der Waals surface area contributed by atoms with E-state index in [1.54, 1.807) is 43.5 Å². The van der Waals surface area contributed by atoms with Crippen LogP contribution in [0.5, 0.6) is 11.5 Å². The molecule has 0 radical (unpaired) electrons. The molecule has 0 aliphatic carbocycles. The second kappa shape index (κ2) is 7.29. The van der Waals surface area contributed by atoms with E-state index in [9.17, 15) is 4.79 Å². The number of carbonyl (C=O) groups excluding carboxylic acids is 1. The second-order valence-corrected chi connectivity index (χ2v) is 6.28. The van der Waals surface area contributed by atoms with Gasteiger partial charge in [-0.2, -0.15) is 0 Å². The summed E-state index contributed by atoms with van der Waals surface area (Å²) in [5.74, 6) is 1.09. The Morgan fingerprint density at radius 1 is 1.14 bits per heavy atom. The molecule has 0 bridgehead atoms. The van der Waals surface area contributed by atoms with Gasteiger partial charge in [-0.05, 0) is 56.1 Å². The molecule has 3 nitrogen and oxygen atoms in total. The van der Waals surface area contributed by atoms with Crippen LogP contribution in [0.15, 0.2) is 45.3 Å². The van der Waals surface area contributed by atoms with Gasteiger partial charge >= 0.3 is 0 Å². The van der Waals surface area contributed by atoms with E-state index in [0.717, 1.165) is 4.47 Å². The summed E-state index contributed by atoms with van der Waals surface area (Å²) in [6.45, 7) is -0.0717. The first-order valence-corrected chi connectivity index (χ1v) is 7.92. The first kappa shape index (κ1) is 16.3. The van der Waals surface area contributed by atoms with Crippen LogP contribution in [0, 0.1) is 0 Å². The maximum absolute atomic E-state index is 12.1. The van der Waals surface area contributed by atoms with Crippen molar-refractivity contribution in [2.24, 2.45) is 0 Å². The Hall–Kier alpha value is -1.04. The summed E-state index contributed by atoms with van der Waals surface area (Å²) in [6, 6.07) is 10.3. The molecule has 0 aromatic heterocycles. The highest BCUT2D eigenvalue weighted by Crippen LogP contribution is 2.36. The van der Waals surface area contributed by atoms with Gasteiger partial charge in [-0.1, -0.05) is 23.7 Å². The molecule has 0 spiro atoms. The Morgan fingerprint density at radius 2 is 1.81 bits per heavy atom. The Labute approximate surface area is 144 Å². The van der Waals surface area contributed by atoms with Gasteiger partial charge in [0.25, 0.3) is 0 Å². The Bertz CT molecular complexity index is 674. The van der Waals surface area contributed by atoms with Crippen LogP contribution in [0.2, 0.25) is 5.02 Å². The lowest BCUT2D eigenvalue weighted by Crippen LogP contribution is -2.11. The minimum absolute atomic E-state index is 0.0717. The lowest BCUT2D eigenvalue weighted by molar-refractivity contribution is 0.0921. The fraction of sp³-hybridized carbons (Fsp3) is 0.133. The standard InChI is InChI=1S/C15H11Br2ClO3/c1-20-14-6-12(17)15(7-11(14)16)21-8-13(19)9-3-2-4-10(18)5-9/h2-7H,8H2,1H3. The van der Waals surface area contributed by atoms with Crippen LogP contribution in [-0.2, 0) is 0 Å². The van der Waals surface area contributed by atoms with Gasteiger partial charge < -0.3 is 9.47 Å². The molecule has 110 valence electrons. The topological polar surface area (TPSA) is 35.5 Å². The van der Waals surface area contributed by atoms with Gasteiger partial charge in [0.15, 0.2) is 12.4 Å². The number of carbonyl (C=O) groups is 1. The van der Waals surface area contributed by atoms with Crippen molar-refractivity contribution in [1.29, 1.82) is 0 Å². The minimum atomic E-state index is -0.142. The lowest BCUT2D eigenvalue weighted by Gasteiger charge is -2.11. The molecule has 21 heavy (non-hydrogen) atoms. The van der Waals surface area contributed by atoms with Crippen molar-refractivity contribution in [3.8, 4) is 11.5 Å². The van der Waals surface area contributed by atoms with Crippen molar-refractivity contribution < 1.29 is 14.3 Å². The van der Waals surface area contributed by atoms with Crippen molar-refractivity contribution >= 4 is 49.2 Å². The second-order valence-electron chi connectivity index (χ2n) is 4.14. The minimum Gasteiger partial charge on any atom is -0.496 e. The summed E-state index contributed by atoms with van der Waals surface area (Å²) in [7, 11) is 1.58. The predicted octanol–water partition coefficient (Wildman–Crippen LogP) is 5.14. The molecule has 0 saturated heterocycles. The maximum Gasteiger partial charge on any atom is 0.200 e. The average Bonchev–Trinajstić information content (AvgIpc) is 2.47. The van der Waals surface area contributed by atoms with Crippen molar-refractivity contribution in [3.63, 3.8) is 0 Å². The summed E-state index contributed by atoms with van der Waals surface area (Å²) in [6.07, 6.45) is 0. The zero-order chi connectivity index (χ0) is 15.4. The summed E-state index contributed by atoms with van der Waals surface area (Å²) >= 11 is 12.6. The van der Waals surface area contributed by atoms with Gasteiger partial charge in [-0.25, -0.2) is 0 Å². The Balaban J connectivity index is 2.10. The van der Waals surface area contributed by atoms with Gasteiger partial charge in [0, 0.05) is 10.6 Å². The highest BCUT2D eigenvalue weighted by atomic mass is 79.9. The molecule has 0 saturated carbocycles. The highest BCUT2D eigenvalue weighted by Gasteiger charge is 2.11. The molecule has 2 aromatic rings. The van der Waals surface area contributed by atoms with Crippen LogP contribution in [0.1, 0.15) is 10.4 Å². The van der Waals surface area contributed by atoms with Gasteiger partial charge in [-0.15, -0.1) is 0 Å². The van der Waals surface area contributed by atoms with E-state index in [1.165, 1.54) is 0 Å². The SMILES string of the molecule is COc1cc(Br)c(OCC(=O)c2cccc(Cl)c2)cc1Br. The smallest absolute Gasteiger partial charge is 0.200 e. The third-order valence-corrected chi connectivity index (χ3v) is 4.19. The third kappa shape index (κ3) is 4.22. The van der Waals surface area contributed by atoms with Crippen molar-refractivity contribution in [3.05, 3.63) is 55.9 Å². The van der Waals surface area contributed by atoms with E-state index in [0.29, 0.717) is 26.6 Å². The zero-order valence-corrected chi connectivity index (χ0v) is 15.0. The molecule has 6 heteroatoms. The van der Waals surface area contributed by atoms with E-state index in [2.05, 4.69) is 31.9 Å².